The second kappa shape index (κ2) is 7.78. The number of rotatable bonds is 8. The monoisotopic (exact) mass is 237 g/mol. The molecule has 0 saturated heterocycles. The van der Waals surface area contributed by atoms with E-state index in [0.717, 1.165) is 12.8 Å². The Kier molecular flexibility index (Phi) is 7.54. The number of hydrogen-bond donors (Lipinski definition) is 1. The molecule has 0 radical (unpaired) electrons. The standard InChI is InChI=1S/C9H18O5S/c1-3-4-5-8(14-15(12)13)6-7(2)9(10)11/h7-8H,3-6H2,1-2H3,(H,10,11)(H,12,13)/p-1. The zero-order valence-corrected chi connectivity index (χ0v) is 9.79. The van der Waals surface area contributed by atoms with E-state index < -0.39 is 29.4 Å². The van der Waals surface area contributed by atoms with Crippen molar-refractivity contribution in [1.82, 2.24) is 0 Å². The van der Waals surface area contributed by atoms with E-state index in [2.05, 4.69) is 4.18 Å². The molecule has 0 aliphatic rings. The maximum Gasteiger partial charge on any atom is 0.306 e. The van der Waals surface area contributed by atoms with Crippen LogP contribution >= 0.6 is 0 Å². The van der Waals surface area contributed by atoms with Gasteiger partial charge < -0.3 is 9.66 Å². The summed E-state index contributed by atoms with van der Waals surface area (Å²) in [6, 6.07) is 0. The third-order valence-electron chi connectivity index (χ3n) is 2.13. The van der Waals surface area contributed by atoms with Crippen molar-refractivity contribution < 1.29 is 22.8 Å². The fraction of sp³-hybridized carbons (Fsp3) is 0.889. The molecule has 6 heteroatoms. The van der Waals surface area contributed by atoms with E-state index in [0.29, 0.717) is 6.42 Å². The van der Waals surface area contributed by atoms with Crippen molar-refractivity contribution in [1.29, 1.82) is 0 Å². The fourth-order valence-electron chi connectivity index (χ4n) is 1.24. The second-order valence-corrected chi connectivity index (χ2v) is 4.14. The lowest BCUT2D eigenvalue weighted by Gasteiger charge is -2.20. The van der Waals surface area contributed by atoms with E-state index in [-0.39, 0.29) is 6.42 Å². The molecule has 0 bridgehead atoms. The Morgan fingerprint density at radius 3 is 2.60 bits per heavy atom. The van der Waals surface area contributed by atoms with Gasteiger partial charge in [0.15, 0.2) is 0 Å². The quantitative estimate of drug-likeness (QED) is 0.646. The third-order valence-corrected chi connectivity index (χ3v) is 2.56. The molecule has 0 rings (SSSR count). The molecule has 5 nitrogen and oxygen atoms in total. The highest BCUT2D eigenvalue weighted by molar-refractivity contribution is 7.74. The molecule has 0 saturated carbocycles. The van der Waals surface area contributed by atoms with Crippen LogP contribution in [0, 0.1) is 5.92 Å². The lowest BCUT2D eigenvalue weighted by Crippen LogP contribution is -2.22. The summed E-state index contributed by atoms with van der Waals surface area (Å²) in [6.45, 7) is 3.52. The maximum atomic E-state index is 10.6. The molecular weight excluding hydrogens is 220 g/mol. The van der Waals surface area contributed by atoms with Gasteiger partial charge in [-0.2, -0.15) is 0 Å². The second-order valence-electron chi connectivity index (χ2n) is 3.54. The SMILES string of the molecule is CCCCC(CC(C)C(=O)O)OS(=O)[O-]. The molecule has 0 aromatic carbocycles. The lowest BCUT2D eigenvalue weighted by molar-refractivity contribution is -0.142. The number of aliphatic carboxylic acids is 1. The summed E-state index contributed by atoms with van der Waals surface area (Å²) in [6.07, 6.45) is 2.03. The van der Waals surface area contributed by atoms with Gasteiger partial charge in [-0.1, -0.05) is 26.7 Å². The summed E-state index contributed by atoms with van der Waals surface area (Å²) >= 11 is -2.57. The summed E-state index contributed by atoms with van der Waals surface area (Å²) in [7, 11) is 0. The predicted molar refractivity (Wildman–Crippen MR) is 54.7 cm³/mol. The molecule has 0 spiro atoms. The topological polar surface area (TPSA) is 86.7 Å². The van der Waals surface area contributed by atoms with E-state index in [1.54, 1.807) is 6.92 Å². The smallest absolute Gasteiger partial charge is 0.306 e. The zero-order chi connectivity index (χ0) is 11.8. The minimum atomic E-state index is -2.57. The fourth-order valence-corrected chi connectivity index (χ4v) is 1.64. The molecule has 0 amide bonds. The number of carboxylic acid groups (broad SMARTS) is 1. The minimum Gasteiger partial charge on any atom is -0.750 e. The van der Waals surface area contributed by atoms with Gasteiger partial charge in [0.25, 0.3) is 0 Å². The Hall–Kier alpha value is -0.460. The predicted octanol–water partition coefficient (Wildman–Crippen LogP) is 1.47. The largest absolute Gasteiger partial charge is 0.750 e. The summed E-state index contributed by atoms with van der Waals surface area (Å²) in [5.74, 6) is -1.52. The number of hydrogen-bond acceptors (Lipinski definition) is 4. The Bertz CT molecular complexity index is 219. The van der Waals surface area contributed by atoms with Gasteiger partial charge in [-0.3, -0.25) is 8.98 Å². The van der Waals surface area contributed by atoms with Crippen molar-refractivity contribution in [3.63, 3.8) is 0 Å². The molecule has 0 heterocycles. The molecule has 15 heavy (non-hydrogen) atoms. The van der Waals surface area contributed by atoms with Gasteiger partial charge >= 0.3 is 5.97 Å². The first-order valence-corrected chi connectivity index (χ1v) is 5.96. The Morgan fingerprint density at radius 1 is 1.60 bits per heavy atom. The van der Waals surface area contributed by atoms with Gasteiger partial charge in [-0.15, -0.1) is 0 Å². The van der Waals surface area contributed by atoms with Gasteiger partial charge in [-0.05, 0) is 12.8 Å². The van der Waals surface area contributed by atoms with E-state index in [4.69, 9.17) is 5.11 Å². The van der Waals surface area contributed by atoms with Crippen molar-refractivity contribution >= 4 is 17.3 Å². The average molecular weight is 237 g/mol. The summed E-state index contributed by atoms with van der Waals surface area (Å²) in [5, 5.41) is 8.68. The average Bonchev–Trinajstić information content (AvgIpc) is 2.13. The molecule has 0 aromatic rings. The number of carbonyl (C=O) groups is 1. The third kappa shape index (κ3) is 7.47. The first-order chi connectivity index (χ1) is 6.97. The van der Waals surface area contributed by atoms with Gasteiger partial charge in [-0.25, -0.2) is 4.21 Å². The number of unbranched alkanes of at least 4 members (excludes halogenated alkanes) is 1. The van der Waals surface area contributed by atoms with E-state index in [1.807, 2.05) is 6.92 Å². The van der Waals surface area contributed by atoms with Crippen LogP contribution in [0.25, 0.3) is 0 Å². The first kappa shape index (κ1) is 14.5. The van der Waals surface area contributed by atoms with E-state index in [1.165, 1.54) is 0 Å². The van der Waals surface area contributed by atoms with Crippen LogP contribution < -0.4 is 0 Å². The van der Waals surface area contributed by atoms with Crippen LogP contribution in [0.4, 0.5) is 0 Å². The van der Waals surface area contributed by atoms with Crippen LogP contribution in [0.2, 0.25) is 0 Å². The molecule has 90 valence electrons. The zero-order valence-electron chi connectivity index (χ0n) is 8.97. The highest BCUT2D eigenvalue weighted by Crippen LogP contribution is 2.16. The Labute approximate surface area is 92.3 Å². The highest BCUT2D eigenvalue weighted by Gasteiger charge is 2.18. The van der Waals surface area contributed by atoms with Crippen LogP contribution in [0.1, 0.15) is 39.5 Å². The molecule has 1 N–H and O–H groups in total. The molecule has 3 unspecified atom stereocenters. The Morgan fingerprint density at radius 2 is 2.20 bits per heavy atom. The first-order valence-electron chi connectivity index (χ1n) is 4.96. The van der Waals surface area contributed by atoms with Crippen molar-refractivity contribution in [3.8, 4) is 0 Å². The van der Waals surface area contributed by atoms with Crippen LogP contribution in [-0.4, -0.2) is 25.9 Å². The molecule has 0 aliphatic heterocycles. The van der Waals surface area contributed by atoms with Crippen molar-refractivity contribution in [2.75, 3.05) is 0 Å². The van der Waals surface area contributed by atoms with Crippen molar-refractivity contribution in [2.24, 2.45) is 5.92 Å². The molecular formula is C9H17O5S-. The minimum absolute atomic E-state index is 0.226. The van der Waals surface area contributed by atoms with Crippen LogP contribution in [0.15, 0.2) is 0 Å². The van der Waals surface area contributed by atoms with E-state index in [9.17, 15) is 13.6 Å². The van der Waals surface area contributed by atoms with Crippen LogP contribution in [-0.2, 0) is 20.3 Å². The maximum absolute atomic E-state index is 10.6. The van der Waals surface area contributed by atoms with Gasteiger partial charge in [0.1, 0.15) is 0 Å². The molecule has 0 aromatic heterocycles. The van der Waals surface area contributed by atoms with Gasteiger partial charge in [0.2, 0.25) is 0 Å². The van der Waals surface area contributed by atoms with Gasteiger partial charge in [0.05, 0.1) is 23.4 Å². The highest BCUT2D eigenvalue weighted by atomic mass is 32.2. The lowest BCUT2D eigenvalue weighted by atomic mass is 10.0. The Balaban J connectivity index is 4.10. The van der Waals surface area contributed by atoms with E-state index >= 15 is 0 Å². The summed E-state index contributed by atoms with van der Waals surface area (Å²) < 4.78 is 25.3. The molecule has 0 fully saturated rings. The van der Waals surface area contributed by atoms with Crippen molar-refractivity contribution in [3.05, 3.63) is 0 Å². The summed E-state index contributed by atoms with van der Waals surface area (Å²) in [4.78, 5) is 10.6. The number of carboxylic acids is 1. The normalized spacial score (nSPS) is 17.0. The van der Waals surface area contributed by atoms with Crippen molar-refractivity contribution in [2.45, 2.75) is 45.6 Å². The molecule has 3 atom stereocenters. The van der Waals surface area contributed by atoms with Crippen LogP contribution in [0.3, 0.4) is 0 Å². The van der Waals surface area contributed by atoms with Gasteiger partial charge in [0, 0.05) is 0 Å². The summed E-state index contributed by atoms with van der Waals surface area (Å²) in [5.41, 5.74) is 0. The molecule has 0 aliphatic carbocycles. The van der Waals surface area contributed by atoms with Crippen LogP contribution in [0.5, 0.6) is 0 Å².